The van der Waals surface area contributed by atoms with Gasteiger partial charge in [-0.1, -0.05) is 52.0 Å². The zero-order valence-corrected chi connectivity index (χ0v) is 16.1. The second-order valence-corrected chi connectivity index (χ2v) is 5.89. The molecule has 0 aliphatic heterocycles. The molecule has 1 aromatic carbocycles. The zero-order chi connectivity index (χ0) is 17.2. The Balaban J connectivity index is 0.00000529. The number of ether oxygens (including phenoxy) is 1. The Morgan fingerprint density at radius 3 is 2.29 bits per heavy atom. The second-order valence-electron chi connectivity index (χ2n) is 5.89. The monoisotopic (exact) mass is 357 g/mol. The van der Waals surface area contributed by atoms with Crippen LogP contribution in [0, 0.1) is 0 Å². The van der Waals surface area contributed by atoms with E-state index < -0.39 is 12.1 Å². The maximum Gasteiger partial charge on any atom is 0.339 e. The first kappa shape index (κ1) is 22.9. The van der Waals surface area contributed by atoms with Crippen molar-refractivity contribution in [2.75, 3.05) is 26.2 Å². The average molecular weight is 358 g/mol. The fourth-order valence-electron chi connectivity index (χ4n) is 2.64. The molecule has 1 rings (SSSR count). The molecule has 1 aromatic rings. The molecule has 2 atom stereocenters. The van der Waals surface area contributed by atoms with Gasteiger partial charge in [0.1, 0.15) is 0 Å². The van der Waals surface area contributed by atoms with Crippen molar-refractivity contribution in [3.63, 3.8) is 0 Å². The van der Waals surface area contributed by atoms with Gasteiger partial charge in [-0.15, -0.1) is 12.4 Å². The number of aliphatic hydroxyl groups is 1. The van der Waals surface area contributed by atoms with Gasteiger partial charge in [-0.25, -0.2) is 4.79 Å². The first-order valence-corrected chi connectivity index (χ1v) is 8.70. The van der Waals surface area contributed by atoms with Crippen LogP contribution in [0.3, 0.4) is 0 Å². The van der Waals surface area contributed by atoms with Gasteiger partial charge in [-0.2, -0.15) is 0 Å². The molecule has 0 saturated carbocycles. The van der Waals surface area contributed by atoms with Gasteiger partial charge in [-0.05, 0) is 43.0 Å². The van der Waals surface area contributed by atoms with Crippen molar-refractivity contribution in [1.82, 2.24) is 4.90 Å². The molecule has 0 heterocycles. The predicted molar refractivity (Wildman–Crippen MR) is 101 cm³/mol. The fraction of sp³-hybridized carbons (Fsp3) is 0.632. The maximum atomic E-state index is 12.1. The summed E-state index contributed by atoms with van der Waals surface area (Å²) in [5, 5.41) is 10.3. The lowest BCUT2D eigenvalue weighted by Gasteiger charge is -2.19. The van der Waals surface area contributed by atoms with Gasteiger partial charge < -0.3 is 14.7 Å². The Labute approximate surface area is 152 Å². The summed E-state index contributed by atoms with van der Waals surface area (Å²) in [6.07, 6.45) is 0.546. The molecule has 1 N–H and O–H groups in total. The number of carbonyl (C=O) groups excluding carboxylic acids is 1. The lowest BCUT2D eigenvalue weighted by Crippen LogP contribution is -2.25. The van der Waals surface area contributed by atoms with Crippen molar-refractivity contribution in [3.8, 4) is 0 Å². The van der Waals surface area contributed by atoms with Crippen molar-refractivity contribution < 1.29 is 14.6 Å². The van der Waals surface area contributed by atoms with Gasteiger partial charge in [-0.3, -0.25) is 0 Å². The molecule has 4 nitrogen and oxygen atoms in total. The Bertz CT molecular complexity index is 477. The van der Waals surface area contributed by atoms with Gasteiger partial charge in [0.15, 0.2) is 6.10 Å². The average Bonchev–Trinajstić information content (AvgIpc) is 2.60. The quantitative estimate of drug-likeness (QED) is 0.509. The van der Waals surface area contributed by atoms with Crippen LogP contribution in [0.25, 0.3) is 0 Å². The number of hydrogen-bond donors (Lipinski definition) is 1. The van der Waals surface area contributed by atoms with Crippen LogP contribution in [-0.4, -0.2) is 42.2 Å². The van der Waals surface area contributed by atoms with E-state index >= 15 is 0 Å². The van der Waals surface area contributed by atoms with E-state index in [9.17, 15) is 9.90 Å². The minimum atomic E-state index is -1.20. The minimum absolute atomic E-state index is 0. The summed E-state index contributed by atoms with van der Waals surface area (Å²) in [6, 6.07) is 7.56. The van der Waals surface area contributed by atoms with Crippen molar-refractivity contribution in [2.24, 2.45) is 0 Å². The molecule has 0 spiro atoms. The van der Waals surface area contributed by atoms with Crippen LogP contribution in [-0.2, 0) is 9.53 Å². The van der Waals surface area contributed by atoms with Crippen molar-refractivity contribution >= 4 is 18.4 Å². The third-order valence-corrected chi connectivity index (χ3v) is 4.41. The van der Waals surface area contributed by atoms with E-state index in [0.29, 0.717) is 18.1 Å². The van der Waals surface area contributed by atoms with Gasteiger partial charge in [0.2, 0.25) is 0 Å². The normalized spacial score (nSPS) is 13.2. The largest absolute Gasteiger partial charge is 0.463 e. The molecule has 0 bridgehead atoms. The molecule has 2 unspecified atom stereocenters. The highest BCUT2D eigenvalue weighted by atomic mass is 35.5. The number of hydrogen-bond acceptors (Lipinski definition) is 4. The molecular weight excluding hydrogens is 326 g/mol. The molecular formula is C19H32ClNO3. The highest BCUT2D eigenvalue weighted by Gasteiger charge is 2.23. The highest BCUT2D eigenvalue weighted by molar-refractivity contribution is 5.85. The van der Waals surface area contributed by atoms with Gasteiger partial charge in [0, 0.05) is 6.54 Å². The Morgan fingerprint density at radius 1 is 1.17 bits per heavy atom. The SMILES string of the molecule is CCC(C)c1ccccc1C(O)C(=O)OCCCN(CC)CC.Cl. The van der Waals surface area contributed by atoms with Gasteiger partial charge in [0.25, 0.3) is 0 Å². The Morgan fingerprint density at radius 2 is 1.75 bits per heavy atom. The molecule has 0 amide bonds. The number of rotatable bonds is 10. The number of halogens is 1. The third kappa shape index (κ3) is 6.80. The molecule has 138 valence electrons. The number of nitrogens with zero attached hydrogens (tertiary/aromatic N) is 1. The lowest BCUT2D eigenvalue weighted by atomic mass is 9.91. The van der Waals surface area contributed by atoms with Crippen molar-refractivity contribution in [1.29, 1.82) is 0 Å². The molecule has 0 aliphatic rings. The first-order valence-electron chi connectivity index (χ1n) is 8.70. The predicted octanol–water partition coefficient (Wildman–Crippen LogP) is 3.93. The standard InChI is InChI=1S/C19H31NO3.ClH/c1-5-15(4)16-11-8-9-12-17(16)18(21)19(22)23-14-10-13-20(6-2)7-3;/h8-9,11-12,15,18,21H,5-7,10,13-14H2,1-4H3;1H. The number of esters is 1. The molecule has 5 heteroatoms. The van der Waals surface area contributed by atoms with E-state index in [1.807, 2.05) is 24.3 Å². The summed E-state index contributed by atoms with van der Waals surface area (Å²) >= 11 is 0. The Kier molecular flexibility index (Phi) is 11.7. The number of aliphatic hydroxyl groups excluding tert-OH is 1. The fourth-order valence-corrected chi connectivity index (χ4v) is 2.64. The Hall–Kier alpha value is -1.10. The lowest BCUT2D eigenvalue weighted by molar-refractivity contribution is -0.154. The van der Waals surface area contributed by atoms with Crippen LogP contribution in [0.15, 0.2) is 24.3 Å². The number of benzene rings is 1. The zero-order valence-electron chi connectivity index (χ0n) is 15.3. The van der Waals surface area contributed by atoms with E-state index in [1.54, 1.807) is 0 Å². The number of carbonyl (C=O) groups is 1. The van der Waals surface area contributed by atoms with E-state index in [2.05, 4.69) is 32.6 Å². The smallest absolute Gasteiger partial charge is 0.339 e. The van der Waals surface area contributed by atoms with E-state index in [4.69, 9.17) is 4.74 Å². The van der Waals surface area contributed by atoms with E-state index in [0.717, 1.165) is 38.0 Å². The topological polar surface area (TPSA) is 49.8 Å². The summed E-state index contributed by atoms with van der Waals surface area (Å²) in [7, 11) is 0. The van der Waals surface area contributed by atoms with E-state index in [1.165, 1.54) is 0 Å². The third-order valence-electron chi connectivity index (χ3n) is 4.41. The molecule has 24 heavy (non-hydrogen) atoms. The van der Waals surface area contributed by atoms with Crippen LogP contribution >= 0.6 is 12.4 Å². The van der Waals surface area contributed by atoms with Crippen LogP contribution in [0.1, 0.15) is 63.7 Å². The summed E-state index contributed by atoms with van der Waals surface area (Å²) in [5.41, 5.74) is 1.68. The summed E-state index contributed by atoms with van der Waals surface area (Å²) in [5.74, 6) is -0.253. The van der Waals surface area contributed by atoms with Crippen molar-refractivity contribution in [3.05, 3.63) is 35.4 Å². The highest BCUT2D eigenvalue weighted by Crippen LogP contribution is 2.27. The van der Waals surface area contributed by atoms with Crippen LogP contribution in [0.5, 0.6) is 0 Å². The molecule has 0 aliphatic carbocycles. The maximum absolute atomic E-state index is 12.1. The van der Waals surface area contributed by atoms with Crippen molar-refractivity contribution in [2.45, 2.75) is 52.6 Å². The summed E-state index contributed by atoms with van der Waals surface area (Å²) < 4.78 is 5.25. The summed E-state index contributed by atoms with van der Waals surface area (Å²) in [6.45, 7) is 11.7. The second kappa shape index (κ2) is 12.3. The molecule has 0 aromatic heterocycles. The molecule has 0 fully saturated rings. The summed E-state index contributed by atoms with van der Waals surface area (Å²) in [4.78, 5) is 14.4. The van der Waals surface area contributed by atoms with Crippen LogP contribution < -0.4 is 0 Å². The minimum Gasteiger partial charge on any atom is -0.463 e. The van der Waals surface area contributed by atoms with Gasteiger partial charge >= 0.3 is 5.97 Å². The van der Waals surface area contributed by atoms with Gasteiger partial charge in [0.05, 0.1) is 6.61 Å². The van der Waals surface area contributed by atoms with Crippen LogP contribution in [0.2, 0.25) is 0 Å². The van der Waals surface area contributed by atoms with E-state index in [-0.39, 0.29) is 12.4 Å². The molecule has 0 radical (unpaired) electrons. The first-order chi connectivity index (χ1) is 11.0. The molecule has 0 saturated heterocycles. The van der Waals surface area contributed by atoms with Crippen LogP contribution in [0.4, 0.5) is 0 Å².